The van der Waals surface area contributed by atoms with E-state index >= 15 is 0 Å². The zero-order chi connectivity index (χ0) is 23.3. The van der Waals surface area contributed by atoms with E-state index in [1.807, 2.05) is 54.6 Å². The molecule has 1 aromatic heterocycles. The Bertz CT molecular complexity index is 1010. The predicted molar refractivity (Wildman–Crippen MR) is 125 cm³/mol. The zero-order valence-electron chi connectivity index (χ0n) is 18.4. The minimum atomic E-state index is -0.833. The van der Waals surface area contributed by atoms with E-state index < -0.39 is 5.97 Å². The van der Waals surface area contributed by atoms with Crippen LogP contribution in [0.3, 0.4) is 0 Å². The number of carboxylic acids is 1. The van der Waals surface area contributed by atoms with Gasteiger partial charge in [0.2, 0.25) is 0 Å². The van der Waals surface area contributed by atoms with E-state index in [1.165, 1.54) is 5.56 Å². The molecular weight excluding hydrogens is 408 g/mol. The number of benzene rings is 2. The average Bonchev–Trinajstić information content (AvgIpc) is 2.78. The molecule has 0 aliphatic heterocycles. The van der Waals surface area contributed by atoms with Gasteiger partial charge < -0.3 is 25.6 Å². The van der Waals surface area contributed by atoms with Crippen molar-refractivity contribution in [3.8, 4) is 11.5 Å². The third-order valence-corrected chi connectivity index (χ3v) is 4.23. The number of aromatic nitrogens is 1. The molecule has 8 nitrogen and oxygen atoms in total. The predicted octanol–water partition coefficient (Wildman–Crippen LogP) is 3.71. The number of carbonyl (C=O) groups is 1. The van der Waals surface area contributed by atoms with E-state index in [9.17, 15) is 0 Å². The summed E-state index contributed by atoms with van der Waals surface area (Å²) in [5, 5.41) is 10.5. The summed E-state index contributed by atoms with van der Waals surface area (Å²) in [5.74, 6) is 1.51. The van der Waals surface area contributed by atoms with E-state index in [2.05, 4.69) is 27.4 Å². The third-order valence-electron chi connectivity index (χ3n) is 4.23. The monoisotopic (exact) mass is 436 g/mol. The van der Waals surface area contributed by atoms with E-state index in [4.69, 9.17) is 25.1 Å². The first-order chi connectivity index (χ1) is 15.4. The fraction of sp³-hybridized carbons (Fsp3) is 0.208. The first-order valence-electron chi connectivity index (χ1n) is 9.89. The van der Waals surface area contributed by atoms with Gasteiger partial charge in [-0.3, -0.25) is 4.79 Å². The second-order valence-electron chi connectivity index (χ2n) is 6.66. The molecule has 3 rings (SSSR count). The number of nitrogens with one attached hydrogen (secondary N) is 1. The van der Waals surface area contributed by atoms with Gasteiger partial charge in [-0.25, -0.2) is 9.98 Å². The van der Waals surface area contributed by atoms with Crippen molar-refractivity contribution >= 4 is 17.7 Å². The molecule has 0 aliphatic carbocycles. The van der Waals surface area contributed by atoms with Crippen LogP contribution in [0.25, 0.3) is 0 Å². The summed E-state index contributed by atoms with van der Waals surface area (Å²) in [5.41, 5.74) is 9.05. The molecule has 0 saturated carbocycles. The molecule has 32 heavy (non-hydrogen) atoms. The number of hydrogen-bond acceptors (Lipinski definition) is 5. The van der Waals surface area contributed by atoms with Crippen molar-refractivity contribution < 1.29 is 19.4 Å². The number of nitrogens with zero attached hydrogens (tertiary/aromatic N) is 2. The number of hydrogen-bond donors (Lipinski definition) is 3. The molecule has 0 radical (unpaired) electrons. The lowest BCUT2D eigenvalue weighted by atomic mass is 10.1. The van der Waals surface area contributed by atoms with Crippen LogP contribution < -0.4 is 20.5 Å². The van der Waals surface area contributed by atoms with E-state index in [0.717, 1.165) is 24.6 Å². The molecule has 2 aromatic carbocycles. The highest BCUT2D eigenvalue weighted by atomic mass is 16.5. The lowest BCUT2D eigenvalue weighted by Gasteiger charge is -2.12. The van der Waals surface area contributed by atoms with Crippen LogP contribution in [0.2, 0.25) is 0 Å². The van der Waals surface area contributed by atoms with E-state index in [1.54, 1.807) is 14.2 Å². The smallest absolute Gasteiger partial charge is 0.300 e. The van der Waals surface area contributed by atoms with Crippen LogP contribution in [0.1, 0.15) is 23.7 Å². The number of aliphatic imine (C=N–C) groups is 1. The minimum Gasteiger partial charge on any atom is -0.496 e. The van der Waals surface area contributed by atoms with Crippen LogP contribution in [0.4, 0.5) is 5.82 Å². The molecule has 0 unspecified atom stereocenters. The average molecular weight is 437 g/mol. The van der Waals surface area contributed by atoms with Crippen molar-refractivity contribution in [3.05, 3.63) is 83.6 Å². The summed E-state index contributed by atoms with van der Waals surface area (Å²) in [7, 11) is 3.23. The van der Waals surface area contributed by atoms with E-state index in [-0.39, 0.29) is 5.96 Å². The molecule has 0 saturated heterocycles. The largest absolute Gasteiger partial charge is 0.496 e. The SMILES string of the molecule is CC(=O)O.COc1cccc(OC)c1CN=C(N)Nc1cccc(Cc2ccccc2)n1. The van der Waals surface area contributed by atoms with Gasteiger partial charge in [-0.1, -0.05) is 42.5 Å². The van der Waals surface area contributed by atoms with Crippen molar-refractivity contribution in [2.75, 3.05) is 19.5 Å². The summed E-state index contributed by atoms with van der Waals surface area (Å²) in [6.07, 6.45) is 0.756. The molecule has 0 bridgehead atoms. The van der Waals surface area contributed by atoms with Crippen molar-refractivity contribution in [2.24, 2.45) is 10.7 Å². The highest BCUT2D eigenvalue weighted by molar-refractivity contribution is 5.91. The highest BCUT2D eigenvalue weighted by Crippen LogP contribution is 2.28. The molecule has 3 aromatic rings. The summed E-state index contributed by atoms with van der Waals surface area (Å²) >= 11 is 0. The Morgan fingerprint density at radius 1 is 1.00 bits per heavy atom. The number of carboxylic acid groups (broad SMARTS) is 1. The van der Waals surface area contributed by atoms with Gasteiger partial charge in [-0.15, -0.1) is 0 Å². The number of pyridine rings is 1. The Hall–Kier alpha value is -4.07. The highest BCUT2D eigenvalue weighted by Gasteiger charge is 2.09. The number of ether oxygens (including phenoxy) is 2. The van der Waals surface area contributed by atoms with Crippen LogP contribution in [-0.4, -0.2) is 36.2 Å². The zero-order valence-corrected chi connectivity index (χ0v) is 18.4. The maximum absolute atomic E-state index is 9.00. The normalized spacial score (nSPS) is 10.5. The molecule has 0 fully saturated rings. The van der Waals surface area contributed by atoms with Crippen LogP contribution in [-0.2, 0) is 17.8 Å². The maximum atomic E-state index is 9.00. The van der Waals surface area contributed by atoms with E-state index in [0.29, 0.717) is 23.9 Å². The topological polar surface area (TPSA) is 119 Å². The maximum Gasteiger partial charge on any atom is 0.300 e. The first kappa shape index (κ1) is 24.2. The number of anilines is 1. The Labute approximate surface area is 187 Å². The Morgan fingerprint density at radius 2 is 1.59 bits per heavy atom. The molecule has 1 heterocycles. The third kappa shape index (κ3) is 7.98. The van der Waals surface area contributed by atoms with Gasteiger partial charge in [0, 0.05) is 19.0 Å². The quantitative estimate of drug-likeness (QED) is 0.381. The van der Waals surface area contributed by atoms with Crippen LogP contribution in [0, 0.1) is 0 Å². The van der Waals surface area contributed by atoms with Crippen molar-refractivity contribution in [1.82, 2.24) is 4.98 Å². The van der Waals surface area contributed by atoms with Gasteiger partial charge in [0.15, 0.2) is 5.96 Å². The fourth-order valence-electron chi connectivity index (χ4n) is 2.87. The summed E-state index contributed by atoms with van der Waals surface area (Å²) < 4.78 is 10.8. The first-order valence-corrected chi connectivity index (χ1v) is 9.89. The second-order valence-corrected chi connectivity index (χ2v) is 6.66. The lowest BCUT2D eigenvalue weighted by Crippen LogP contribution is -2.23. The number of methoxy groups -OCH3 is 2. The molecule has 0 amide bonds. The number of rotatable bonds is 7. The van der Waals surface area contributed by atoms with Crippen LogP contribution in [0.5, 0.6) is 11.5 Å². The molecular formula is C24H28N4O4. The number of nitrogens with two attached hydrogens (primary N) is 1. The second kappa shape index (κ2) is 12.6. The molecule has 0 aliphatic rings. The number of aliphatic carboxylic acids is 1. The van der Waals surface area contributed by atoms with Gasteiger partial charge in [-0.2, -0.15) is 0 Å². The van der Waals surface area contributed by atoms with Crippen molar-refractivity contribution in [2.45, 2.75) is 19.9 Å². The van der Waals surface area contributed by atoms with Crippen molar-refractivity contribution in [1.29, 1.82) is 0 Å². The Morgan fingerprint density at radius 3 is 2.19 bits per heavy atom. The van der Waals surface area contributed by atoms with Gasteiger partial charge in [0.05, 0.1) is 26.3 Å². The lowest BCUT2D eigenvalue weighted by molar-refractivity contribution is -0.134. The van der Waals surface area contributed by atoms with Gasteiger partial charge in [0.25, 0.3) is 5.97 Å². The van der Waals surface area contributed by atoms with Gasteiger partial charge >= 0.3 is 0 Å². The van der Waals surface area contributed by atoms with Gasteiger partial charge in [-0.05, 0) is 29.8 Å². The fourth-order valence-corrected chi connectivity index (χ4v) is 2.87. The molecule has 4 N–H and O–H groups in total. The number of guanidine groups is 1. The Kier molecular flexibility index (Phi) is 9.52. The Balaban J connectivity index is 0.000000837. The standard InChI is InChI=1S/C22H24N4O2.C2H4O2/c1-27-19-11-7-12-20(28-2)18(19)15-24-22(23)26-21-13-6-10-17(25-21)14-16-8-4-3-5-9-16;1-2(3)4/h3-13H,14-15H2,1-2H3,(H3,23,24,25,26);1H3,(H,3,4). The summed E-state index contributed by atoms with van der Waals surface area (Å²) in [4.78, 5) is 18.0. The minimum absolute atomic E-state index is 0.275. The molecule has 0 spiro atoms. The van der Waals surface area contributed by atoms with Crippen LogP contribution in [0.15, 0.2) is 71.7 Å². The summed E-state index contributed by atoms with van der Waals surface area (Å²) in [6.45, 7) is 1.41. The van der Waals surface area contributed by atoms with Gasteiger partial charge in [0.1, 0.15) is 17.3 Å². The van der Waals surface area contributed by atoms with Crippen LogP contribution >= 0.6 is 0 Å². The molecule has 0 atom stereocenters. The summed E-state index contributed by atoms with van der Waals surface area (Å²) in [6, 6.07) is 21.6. The van der Waals surface area contributed by atoms with Crippen molar-refractivity contribution in [3.63, 3.8) is 0 Å². The molecule has 8 heteroatoms. The molecule has 168 valence electrons.